The molecule has 2 aromatic heterocycles. The normalized spacial score (nSPS) is 20.9. The number of hydrogen-bond acceptors (Lipinski definition) is 7. The van der Waals surface area contributed by atoms with Gasteiger partial charge in [-0.1, -0.05) is 0 Å². The first-order valence-electron chi connectivity index (χ1n) is 9.79. The van der Waals surface area contributed by atoms with E-state index in [1.54, 1.807) is 6.07 Å². The monoisotopic (exact) mass is 406 g/mol. The van der Waals surface area contributed by atoms with Gasteiger partial charge in [-0.25, -0.2) is 10.3 Å². The predicted octanol–water partition coefficient (Wildman–Crippen LogP) is 2.13. The van der Waals surface area contributed by atoms with Crippen molar-refractivity contribution in [3.63, 3.8) is 0 Å². The molecule has 4 rings (SSSR count). The molecule has 1 amide bonds. The molecule has 4 heterocycles. The average molecular weight is 407 g/mol. The first kappa shape index (κ1) is 19.5. The fourth-order valence-corrected chi connectivity index (χ4v) is 4.11. The molecule has 1 N–H and O–H groups in total. The van der Waals surface area contributed by atoms with Gasteiger partial charge in [0, 0.05) is 38.9 Å². The molecule has 8 nitrogen and oxygen atoms in total. The van der Waals surface area contributed by atoms with E-state index in [1.165, 1.54) is 11.3 Å². The van der Waals surface area contributed by atoms with Crippen LogP contribution in [-0.4, -0.2) is 66.3 Å². The Kier molecular flexibility index (Phi) is 6.71. The number of hydrogen-bond donors (Lipinski definition) is 1. The highest BCUT2D eigenvalue weighted by atomic mass is 32.1. The van der Waals surface area contributed by atoms with Crippen LogP contribution < -0.4 is 5.48 Å². The lowest BCUT2D eigenvalue weighted by atomic mass is 10.2. The topological polar surface area (TPSA) is 77.9 Å². The summed E-state index contributed by atoms with van der Waals surface area (Å²) in [5.74, 6) is -0.253. The molecule has 2 aliphatic rings. The largest absolute Gasteiger partial charge is 0.379 e. The van der Waals surface area contributed by atoms with E-state index in [0.29, 0.717) is 11.5 Å². The third kappa shape index (κ3) is 5.18. The van der Waals surface area contributed by atoms with Crippen LogP contribution in [0.25, 0.3) is 10.6 Å². The summed E-state index contributed by atoms with van der Waals surface area (Å²) in [5, 5.41) is 4.64. The Bertz CT molecular complexity index is 766. The first-order chi connectivity index (χ1) is 13.8. The van der Waals surface area contributed by atoms with Crippen LogP contribution in [0.15, 0.2) is 24.4 Å². The van der Waals surface area contributed by atoms with Crippen LogP contribution in [0.1, 0.15) is 28.9 Å². The smallest absolute Gasteiger partial charge is 0.285 e. The first-order valence-corrected chi connectivity index (χ1v) is 10.6. The molecule has 0 saturated carbocycles. The van der Waals surface area contributed by atoms with Gasteiger partial charge in [-0.2, -0.15) is 5.10 Å². The quantitative estimate of drug-likeness (QED) is 0.710. The Morgan fingerprint density at radius 2 is 2.11 bits per heavy atom. The number of ether oxygens (including phenoxy) is 2. The van der Waals surface area contributed by atoms with Gasteiger partial charge >= 0.3 is 0 Å². The molecule has 0 aromatic carbocycles. The lowest BCUT2D eigenvalue weighted by Crippen LogP contribution is -2.38. The lowest BCUT2D eigenvalue weighted by molar-refractivity contribution is -0.186. The second-order valence-corrected chi connectivity index (χ2v) is 8.01. The number of carbonyl (C=O) groups excluding carboxylic acids is 1. The molecule has 152 valence electrons. The minimum Gasteiger partial charge on any atom is -0.379 e. The summed E-state index contributed by atoms with van der Waals surface area (Å²) in [5.41, 5.74) is 3.38. The third-order valence-corrected chi connectivity index (χ3v) is 6.00. The summed E-state index contributed by atoms with van der Waals surface area (Å²) in [7, 11) is 0. The molecule has 2 saturated heterocycles. The van der Waals surface area contributed by atoms with E-state index in [0.717, 1.165) is 69.2 Å². The number of nitrogens with zero attached hydrogens (tertiary/aromatic N) is 3. The maximum atomic E-state index is 12.3. The lowest BCUT2D eigenvalue weighted by Gasteiger charge is -2.26. The number of rotatable bonds is 7. The van der Waals surface area contributed by atoms with E-state index in [1.807, 2.05) is 23.0 Å². The minimum atomic E-state index is -0.348. The Hall–Kier alpha value is -1.78. The van der Waals surface area contributed by atoms with Gasteiger partial charge in [0.1, 0.15) is 5.69 Å². The van der Waals surface area contributed by atoms with Gasteiger partial charge in [-0.05, 0) is 31.0 Å². The molecule has 0 spiro atoms. The van der Waals surface area contributed by atoms with Crippen molar-refractivity contribution in [2.45, 2.75) is 32.1 Å². The summed E-state index contributed by atoms with van der Waals surface area (Å²) >= 11 is 1.40. The van der Waals surface area contributed by atoms with Gasteiger partial charge in [-0.3, -0.25) is 14.4 Å². The highest BCUT2D eigenvalue weighted by Crippen LogP contribution is 2.26. The minimum absolute atomic E-state index is 0.253. The van der Waals surface area contributed by atoms with Crippen molar-refractivity contribution in [1.29, 1.82) is 0 Å². The van der Waals surface area contributed by atoms with Crippen LogP contribution in [-0.2, 0) is 20.9 Å². The van der Waals surface area contributed by atoms with Crippen molar-refractivity contribution in [1.82, 2.24) is 20.2 Å². The van der Waals surface area contributed by atoms with Crippen LogP contribution in [0.3, 0.4) is 0 Å². The molecule has 2 fully saturated rings. The van der Waals surface area contributed by atoms with Gasteiger partial charge in [-0.15, -0.1) is 11.3 Å². The van der Waals surface area contributed by atoms with Gasteiger partial charge in [0.05, 0.1) is 29.5 Å². The highest BCUT2D eigenvalue weighted by Gasteiger charge is 2.18. The van der Waals surface area contributed by atoms with Gasteiger partial charge < -0.3 is 9.47 Å². The molecular weight excluding hydrogens is 380 g/mol. The Balaban J connectivity index is 1.28. The summed E-state index contributed by atoms with van der Waals surface area (Å²) in [4.78, 5) is 21.6. The molecule has 0 radical (unpaired) electrons. The van der Waals surface area contributed by atoms with E-state index < -0.39 is 0 Å². The zero-order valence-corrected chi connectivity index (χ0v) is 16.7. The van der Waals surface area contributed by atoms with Crippen LogP contribution in [0.2, 0.25) is 0 Å². The van der Waals surface area contributed by atoms with Crippen LogP contribution in [0.5, 0.6) is 0 Å². The number of morpholine rings is 1. The van der Waals surface area contributed by atoms with E-state index in [2.05, 4.69) is 15.5 Å². The fourth-order valence-electron chi connectivity index (χ4n) is 3.26. The summed E-state index contributed by atoms with van der Waals surface area (Å²) in [6.45, 7) is 6.05. The fraction of sp³-hybridized carbons (Fsp3) is 0.579. The second kappa shape index (κ2) is 9.62. The van der Waals surface area contributed by atoms with Crippen molar-refractivity contribution >= 4 is 17.2 Å². The van der Waals surface area contributed by atoms with Gasteiger partial charge in [0.2, 0.25) is 0 Å². The number of nitrogens with one attached hydrogen (secondary N) is 1. The van der Waals surface area contributed by atoms with E-state index in [9.17, 15) is 4.79 Å². The molecule has 2 aromatic rings. The van der Waals surface area contributed by atoms with Crippen molar-refractivity contribution in [2.24, 2.45) is 0 Å². The second-order valence-electron chi connectivity index (χ2n) is 6.93. The van der Waals surface area contributed by atoms with Crippen LogP contribution in [0.4, 0.5) is 0 Å². The third-order valence-electron chi connectivity index (χ3n) is 4.89. The number of amides is 1. The summed E-state index contributed by atoms with van der Waals surface area (Å²) < 4.78 is 12.8. The zero-order chi connectivity index (χ0) is 19.2. The molecule has 0 aliphatic carbocycles. The Morgan fingerprint density at radius 3 is 2.93 bits per heavy atom. The maximum Gasteiger partial charge on any atom is 0.285 e. The van der Waals surface area contributed by atoms with Crippen molar-refractivity contribution in [2.75, 3.05) is 39.5 Å². The van der Waals surface area contributed by atoms with Gasteiger partial charge in [0.15, 0.2) is 6.29 Å². The molecule has 9 heteroatoms. The Morgan fingerprint density at radius 1 is 1.21 bits per heavy atom. The van der Waals surface area contributed by atoms with E-state index >= 15 is 0 Å². The van der Waals surface area contributed by atoms with E-state index in [4.69, 9.17) is 14.3 Å². The zero-order valence-electron chi connectivity index (χ0n) is 15.8. The standard InChI is InChI=1S/C19H26N4O4S/c24-19(21-27-18-3-1-2-12-26-18)17-5-4-16(28-17)15-6-7-23(20-15)9-8-22-10-13-25-14-11-22/h4-7,18H,1-3,8-14H2,(H,21,24). The Labute approximate surface area is 168 Å². The highest BCUT2D eigenvalue weighted by molar-refractivity contribution is 7.17. The predicted molar refractivity (Wildman–Crippen MR) is 105 cm³/mol. The summed E-state index contributed by atoms with van der Waals surface area (Å²) in [6.07, 6.45) is 4.54. The number of hydroxylamine groups is 1. The van der Waals surface area contributed by atoms with Crippen LogP contribution in [0, 0.1) is 0 Å². The van der Waals surface area contributed by atoms with Gasteiger partial charge in [0.25, 0.3) is 5.91 Å². The molecule has 28 heavy (non-hydrogen) atoms. The number of aromatic nitrogens is 2. The molecule has 0 bridgehead atoms. The number of carbonyl (C=O) groups is 1. The van der Waals surface area contributed by atoms with Crippen molar-refractivity contribution in [3.05, 3.63) is 29.3 Å². The molecular formula is C19H26N4O4S. The van der Waals surface area contributed by atoms with E-state index in [-0.39, 0.29) is 12.2 Å². The molecule has 2 aliphatic heterocycles. The van der Waals surface area contributed by atoms with Crippen molar-refractivity contribution < 1.29 is 19.1 Å². The van der Waals surface area contributed by atoms with Crippen molar-refractivity contribution in [3.8, 4) is 10.6 Å². The maximum absolute atomic E-state index is 12.3. The SMILES string of the molecule is O=C(NOC1CCCCO1)c1ccc(-c2ccn(CCN3CCOCC3)n2)s1. The van der Waals surface area contributed by atoms with Crippen LogP contribution >= 0.6 is 11.3 Å². The molecule has 1 unspecified atom stereocenters. The molecule has 1 atom stereocenters. The summed E-state index contributed by atoms with van der Waals surface area (Å²) in [6, 6.07) is 5.71. The average Bonchev–Trinajstić information content (AvgIpc) is 3.42. The number of thiophene rings is 1.